The van der Waals surface area contributed by atoms with Gasteiger partial charge in [0.05, 0.1) is 6.54 Å². The Bertz CT molecular complexity index is 378. The number of hydrogen-bond donors (Lipinski definition) is 1. The first-order valence-corrected chi connectivity index (χ1v) is 6.29. The number of nitrogens with zero attached hydrogens (tertiary/aromatic N) is 1. The number of benzene rings is 1. The lowest BCUT2D eigenvalue weighted by Crippen LogP contribution is -2.34. The predicted octanol–water partition coefficient (Wildman–Crippen LogP) is 3.07. The molecule has 1 aromatic rings. The second-order valence-corrected chi connectivity index (χ2v) is 4.34. The van der Waals surface area contributed by atoms with Crippen LogP contribution in [0.5, 0.6) is 0 Å². The Morgan fingerprint density at radius 1 is 1.33 bits per heavy atom. The molecule has 100 valence electrons. The first kappa shape index (κ1) is 14.6. The quantitative estimate of drug-likeness (QED) is 0.811. The van der Waals surface area contributed by atoms with Crippen LogP contribution in [0.15, 0.2) is 24.3 Å². The van der Waals surface area contributed by atoms with Crippen LogP contribution in [0, 0.1) is 5.82 Å². The van der Waals surface area contributed by atoms with Crippen LogP contribution >= 0.6 is 0 Å². The average Bonchev–Trinajstić information content (AvgIpc) is 2.32. The summed E-state index contributed by atoms with van der Waals surface area (Å²) in [6, 6.07) is 6.33. The summed E-state index contributed by atoms with van der Waals surface area (Å²) in [4.78, 5) is 12.8. The molecule has 0 aliphatic carbocycles. The van der Waals surface area contributed by atoms with Gasteiger partial charge in [0.1, 0.15) is 5.82 Å². The molecule has 0 fully saturated rings. The highest BCUT2D eigenvalue weighted by Gasteiger charge is 2.20. The van der Waals surface area contributed by atoms with E-state index in [1.807, 2.05) is 18.7 Å². The third-order valence-corrected chi connectivity index (χ3v) is 2.93. The van der Waals surface area contributed by atoms with E-state index in [-0.39, 0.29) is 18.4 Å². The van der Waals surface area contributed by atoms with Crippen LogP contribution in [-0.2, 0) is 4.79 Å². The van der Waals surface area contributed by atoms with Crippen molar-refractivity contribution in [3.05, 3.63) is 35.6 Å². The Labute approximate surface area is 107 Å². The number of aliphatic carboxylic acids is 1. The monoisotopic (exact) mass is 253 g/mol. The normalized spacial score (nSPS) is 12.7. The first-order chi connectivity index (χ1) is 8.58. The molecule has 0 aliphatic rings. The molecule has 18 heavy (non-hydrogen) atoms. The zero-order chi connectivity index (χ0) is 13.5. The minimum atomic E-state index is -0.830. The van der Waals surface area contributed by atoms with Gasteiger partial charge in [-0.25, -0.2) is 4.39 Å². The minimum Gasteiger partial charge on any atom is -0.480 e. The molecule has 0 saturated heterocycles. The lowest BCUT2D eigenvalue weighted by atomic mass is 10.0. The molecular weight excluding hydrogens is 233 g/mol. The Hall–Kier alpha value is -1.42. The van der Waals surface area contributed by atoms with E-state index in [4.69, 9.17) is 5.11 Å². The van der Waals surface area contributed by atoms with Gasteiger partial charge in [-0.3, -0.25) is 9.69 Å². The zero-order valence-corrected chi connectivity index (χ0v) is 10.9. The third-order valence-electron chi connectivity index (χ3n) is 2.93. The van der Waals surface area contributed by atoms with Crippen molar-refractivity contribution in [1.29, 1.82) is 0 Å². The Kier molecular flexibility index (Phi) is 5.78. The molecule has 1 unspecified atom stereocenters. The van der Waals surface area contributed by atoms with Crippen LogP contribution in [0.2, 0.25) is 0 Å². The predicted molar refractivity (Wildman–Crippen MR) is 68.9 cm³/mol. The van der Waals surface area contributed by atoms with E-state index in [0.29, 0.717) is 0 Å². The highest BCUT2D eigenvalue weighted by molar-refractivity contribution is 5.69. The van der Waals surface area contributed by atoms with Gasteiger partial charge in [-0.2, -0.15) is 0 Å². The molecule has 0 spiro atoms. The molecule has 0 radical (unpaired) electrons. The van der Waals surface area contributed by atoms with Crippen molar-refractivity contribution in [2.24, 2.45) is 0 Å². The van der Waals surface area contributed by atoms with Crippen molar-refractivity contribution in [2.45, 2.75) is 32.7 Å². The first-order valence-electron chi connectivity index (χ1n) is 6.29. The zero-order valence-electron chi connectivity index (χ0n) is 10.9. The summed E-state index contributed by atoms with van der Waals surface area (Å²) in [5.74, 6) is -1.10. The minimum absolute atomic E-state index is 0.0176. The van der Waals surface area contributed by atoms with Crippen LogP contribution < -0.4 is 0 Å². The summed E-state index contributed by atoms with van der Waals surface area (Å²) in [7, 11) is 0. The second kappa shape index (κ2) is 7.11. The maximum absolute atomic E-state index is 12.9. The molecule has 0 amide bonds. The molecule has 1 aromatic carbocycles. The summed E-state index contributed by atoms with van der Waals surface area (Å²) < 4.78 is 12.9. The van der Waals surface area contributed by atoms with Crippen molar-refractivity contribution in [1.82, 2.24) is 4.90 Å². The maximum Gasteiger partial charge on any atom is 0.317 e. The highest BCUT2D eigenvalue weighted by atomic mass is 19.1. The molecule has 0 saturated carbocycles. The van der Waals surface area contributed by atoms with Crippen molar-refractivity contribution in [3.63, 3.8) is 0 Å². The van der Waals surface area contributed by atoms with Gasteiger partial charge in [-0.1, -0.05) is 26.0 Å². The highest BCUT2D eigenvalue weighted by Crippen LogP contribution is 2.24. The smallest absolute Gasteiger partial charge is 0.317 e. The molecule has 0 aromatic heterocycles. The van der Waals surface area contributed by atoms with E-state index in [2.05, 4.69) is 0 Å². The van der Waals surface area contributed by atoms with E-state index in [1.54, 1.807) is 12.1 Å². The summed E-state index contributed by atoms with van der Waals surface area (Å²) in [5.41, 5.74) is 0.966. The Morgan fingerprint density at radius 2 is 1.94 bits per heavy atom. The average molecular weight is 253 g/mol. The van der Waals surface area contributed by atoms with E-state index in [9.17, 15) is 9.18 Å². The van der Waals surface area contributed by atoms with Crippen LogP contribution in [0.25, 0.3) is 0 Å². The fourth-order valence-electron chi connectivity index (χ4n) is 2.20. The van der Waals surface area contributed by atoms with Gasteiger partial charge in [-0.15, -0.1) is 0 Å². The second-order valence-electron chi connectivity index (χ2n) is 4.34. The topological polar surface area (TPSA) is 40.5 Å². The van der Waals surface area contributed by atoms with Crippen LogP contribution in [0.4, 0.5) is 4.39 Å². The van der Waals surface area contributed by atoms with E-state index >= 15 is 0 Å². The summed E-state index contributed by atoms with van der Waals surface area (Å²) in [5, 5.41) is 8.94. The maximum atomic E-state index is 12.9. The number of carbonyl (C=O) groups is 1. The van der Waals surface area contributed by atoms with Gasteiger partial charge >= 0.3 is 5.97 Å². The van der Waals surface area contributed by atoms with Crippen LogP contribution in [0.1, 0.15) is 38.3 Å². The number of carboxylic acid groups (broad SMARTS) is 1. The van der Waals surface area contributed by atoms with Gasteiger partial charge in [-0.05, 0) is 37.1 Å². The van der Waals surface area contributed by atoms with Gasteiger partial charge in [0, 0.05) is 6.04 Å². The van der Waals surface area contributed by atoms with E-state index in [1.165, 1.54) is 12.1 Å². The standard InChI is InChI=1S/C14H20FNO2/c1-3-9-16(10-14(17)18)13(4-2)11-5-7-12(15)8-6-11/h5-8,13H,3-4,9-10H2,1-2H3,(H,17,18). The van der Waals surface area contributed by atoms with Crippen molar-refractivity contribution in [2.75, 3.05) is 13.1 Å². The summed E-state index contributed by atoms with van der Waals surface area (Å²) in [6.07, 6.45) is 1.70. The molecule has 1 N–H and O–H groups in total. The largest absolute Gasteiger partial charge is 0.480 e. The molecule has 1 rings (SSSR count). The fraction of sp³-hybridized carbons (Fsp3) is 0.500. The van der Waals surface area contributed by atoms with Crippen molar-refractivity contribution in [3.8, 4) is 0 Å². The molecule has 1 atom stereocenters. The van der Waals surface area contributed by atoms with E-state index in [0.717, 1.165) is 24.9 Å². The molecule has 0 heterocycles. The molecule has 4 heteroatoms. The van der Waals surface area contributed by atoms with Gasteiger partial charge in [0.25, 0.3) is 0 Å². The van der Waals surface area contributed by atoms with E-state index < -0.39 is 5.97 Å². The van der Waals surface area contributed by atoms with Crippen molar-refractivity contribution < 1.29 is 14.3 Å². The molecule has 0 aliphatic heterocycles. The number of halogens is 1. The van der Waals surface area contributed by atoms with Crippen LogP contribution in [0.3, 0.4) is 0 Å². The molecule has 3 nitrogen and oxygen atoms in total. The van der Waals surface area contributed by atoms with Crippen LogP contribution in [-0.4, -0.2) is 29.1 Å². The number of rotatable bonds is 7. The lowest BCUT2D eigenvalue weighted by molar-refractivity contribution is -0.139. The number of hydrogen-bond acceptors (Lipinski definition) is 2. The van der Waals surface area contributed by atoms with Gasteiger partial charge in [0.2, 0.25) is 0 Å². The lowest BCUT2D eigenvalue weighted by Gasteiger charge is -2.29. The number of carboxylic acids is 1. The molecular formula is C14H20FNO2. The molecule has 0 bridgehead atoms. The summed E-state index contributed by atoms with van der Waals surface area (Å²) in [6.45, 7) is 4.77. The third kappa shape index (κ3) is 4.11. The SMILES string of the molecule is CCCN(CC(=O)O)C(CC)c1ccc(F)cc1. The van der Waals surface area contributed by atoms with Crippen molar-refractivity contribution >= 4 is 5.97 Å². The summed E-state index contributed by atoms with van der Waals surface area (Å²) >= 11 is 0. The van der Waals surface area contributed by atoms with Gasteiger partial charge < -0.3 is 5.11 Å². The van der Waals surface area contributed by atoms with Gasteiger partial charge in [0.15, 0.2) is 0 Å². The Morgan fingerprint density at radius 3 is 2.39 bits per heavy atom. The Balaban J connectivity index is 2.89. The fourth-order valence-corrected chi connectivity index (χ4v) is 2.20.